The molecule has 90 valence electrons. The maximum Gasteiger partial charge on any atom is 0.0235 e. The van der Waals surface area contributed by atoms with Gasteiger partial charge in [-0.25, -0.2) is 0 Å². The first-order chi connectivity index (χ1) is 7.65. The summed E-state index contributed by atoms with van der Waals surface area (Å²) in [7, 11) is 0. The smallest absolute Gasteiger partial charge is 0.0235 e. The molecule has 0 aliphatic rings. The summed E-state index contributed by atoms with van der Waals surface area (Å²) in [6.07, 6.45) is 0. The number of hydrogen-bond acceptors (Lipinski definition) is 3. The van der Waals surface area contributed by atoms with Crippen molar-refractivity contribution in [2.45, 2.75) is 20.4 Å². The van der Waals surface area contributed by atoms with Gasteiger partial charge in [-0.2, -0.15) is 0 Å². The van der Waals surface area contributed by atoms with E-state index in [1.54, 1.807) is 0 Å². The second-order valence-electron chi connectivity index (χ2n) is 4.35. The molecular formula is C13H23N3. The van der Waals surface area contributed by atoms with Gasteiger partial charge in [0.2, 0.25) is 0 Å². The predicted molar refractivity (Wildman–Crippen MR) is 69.3 cm³/mol. The van der Waals surface area contributed by atoms with Crippen LogP contribution in [0.25, 0.3) is 0 Å². The van der Waals surface area contributed by atoms with E-state index in [1.807, 2.05) is 0 Å². The van der Waals surface area contributed by atoms with E-state index in [0.29, 0.717) is 13.1 Å². The Morgan fingerprint density at radius 3 is 1.88 bits per heavy atom. The molecule has 0 atom stereocenters. The Hall–Kier alpha value is -0.900. The highest BCUT2D eigenvalue weighted by atomic mass is 15.1. The highest BCUT2D eigenvalue weighted by molar-refractivity contribution is 5.28. The molecule has 0 aliphatic carbocycles. The number of nitrogens with two attached hydrogens (primary N) is 2. The van der Waals surface area contributed by atoms with Gasteiger partial charge in [0.15, 0.2) is 0 Å². The lowest BCUT2D eigenvalue weighted by Crippen LogP contribution is -2.33. The molecule has 0 heterocycles. The van der Waals surface area contributed by atoms with Crippen molar-refractivity contribution in [1.82, 2.24) is 4.90 Å². The predicted octanol–water partition coefficient (Wildman–Crippen LogP) is 1.02. The quantitative estimate of drug-likeness (QED) is 0.754. The van der Waals surface area contributed by atoms with Crippen LogP contribution in [0.15, 0.2) is 18.2 Å². The maximum absolute atomic E-state index is 5.59. The minimum Gasteiger partial charge on any atom is -0.329 e. The lowest BCUT2D eigenvalue weighted by atomic mass is 10.1. The highest BCUT2D eigenvalue weighted by Gasteiger charge is 2.04. The summed E-state index contributed by atoms with van der Waals surface area (Å²) in [6, 6.07) is 6.65. The molecule has 0 saturated heterocycles. The molecule has 3 nitrogen and oxygen atoms in total. The van der Waals surface area contributed by atoms with E-state index in [9.17, 15) is 0 Å². The van der Waals surface area contributed by atoms with E-state index in [2.05, 4.69) is 36.9 Å². The van der Waals surface area contributed by atoms with Gasteiger partial charge in [0, 0.05) is 32.7 Å². The van der Waals surface area contributed by atoms with Gasteiger partial charge in [0.1, 0.15) is 0 Å². The van der Waals surface area contributed by atoms with Crippen LogP contribution in [0.4, 0.5) is 0 Å². The van der Waals surface area contributed by atoms with Crippen molar-refractivity contribution in [3.05, 3.63) is 34.9 Å². The second-order valence-corrected chi connectivity index (χ2v) is 4.35. The molecule has 0 saturated carbocycles. The SMILES string of the molecule is Cc1cc(C)cc(CN(CCN)CCN)c1. The highest BCUT2D eigenvalue weighted by Crippen LogP contribution is 2.11. The summed E-state index contributed by atoms with van der Waals surface area (Å²) < 4.78 is 0. The van der Waals surface area contributed by atoms with Crippen molar-refractivity contribution in [1.29, 1.82) is 0 Å². The standard InChI is InChI=1S/C13H23N3/c1-11-7-12(2)9-13(8-11)10-16(5-3-14)6-4-15/h7-9H,3-6,10,14-15H2,1-2H3. The van der Waals surface area contributed by atoms with Gasteiger partial charge in [-0.1, -0.05) is 29.3 Å². The summed E-state index contributed by atoms with van der Waals surface area (Å²) in [5.41, 5.74) is 15.2. The Bertz CT molecular complexity index is 297. The number of benzene rings is 1. The van der Waals surface area contributed by atoms with Crippen molar-refractivity contribution in [2.75, 3.05) is 26.2 Å². The first kappa shape index (κ1) is 13.2. The third-order valence-corrected chi connectivity index (χ3v) is 2.58. The minimum absolute atomic E-state index is 0.685. The fourth-order valence-electron chi connectivity index (χ4n) is 2.05. The largest absolute Gasteiger partial charge is 0.329 e. The van der Waals surface area contributed by atoms with E-state index in [0.717, 1.165) is 19.6 Å². The number of rotatable bonds is 6. The van der Waals surface area contributed by atoms with Crippen LogP contribution in [-0.4, -0.2) is 31.1 Å². The second kappa shape index (κ2) is 6.63. The van der Waals surface area contributed by atoms with Crippen molar-refractivity contribution >= 4 is 0 Å². The van der Waals surface area contributed by atoms with Crippen LogP contribution >= 0.6 is 0 Å². The van der Waals surface area contributed by atoms with E-state index in [1.165, 1.54) is 16.7 Å². The molecule has 0 bridgehead atoms. The molecule has 0 aromatic heterocycles. The van der Waals surface area contributed by atoms with Crippen LogP contribution in [0.2, 0.25) is 0 Å². The monoisotopic (exact) mass is 221 g/mol. The van der Waals surface area contributed by atoms with E-state index in [4.69, 9.17) is 11.5 Å². The minimum atomic E-state index is 0.685. The number of hydrogen-bond donors (Lipinski definition) is 2. The summed E-state index contributed by atoms with van der Waals surface area (Å²) in [4.78, 5) is 2.30. The Labute approximate surface area is 98.4 Å². The van der Waals surface area contributed by atoms with Gasteiger partial charge in [-0.3, -0.25) is 4.90 Å². The molecule has 1 aromatic carbocycles. The number of aryl methyl sites for hydroxylation is 2. The molecule has 1 aromatic rings. The molecule has 0 fully saturated rings. The summed E-state index contributed by atoms with van der Waals surface area (Å²) >= 11 is 0. The van der Waals surface area contributed by atoms with Crippen molar-refractivity contribution in [3.8, 4) is 0 Å². The zero-order chi connectivity index (χ0) is 12.0. The summed E-state index contributed by atoms with van der Waals surface area (Å²) in [5.74, 6) is 0. The number of nitrogens with zero attached hydrogens (tertiary/aromatic N) is 1. The fraction of sp³-hybridized carbons (Fsp3) is 0.538. The maximum atomic E-state index is 5.59. The van der Waals surface area contributed by atoms with Gasteiger partial charge in [0.05, 0.1) is 0 Å². The molecule has 0 spiro atoms. The third-order valence-electron chi connectivity index (χ3n) is 2.58. The van der Waals surface area contributed by atoms with Gasteiger partial charge < -0.3 is 11.5 Å². The molecule has 0 amide bonds. The van der Waals surface area contributed by atoms with Gasteiger partial charge in [0.25, 0.3) is 0 Å². The first-order valence-corrected chi connectivity index (χ1v) is 5.85. The Kier molecular flexibility index (Phi) is 5.46. The molecule has 4 N–H and O–H groups in total. The van der Waals surface area contributed by atoms with Crippen molar-refractivity contribution in [3.63, 3.8) is 0 Å². The summed E-state index contributed by atoms with van der Waals surface area (Å²) in [5, 5.41) is 0. The molecule has 0 aliphatic heterocycles. The molecule has 3 heteroatoms. The summed E-state index contributed by atoms with van der Waals surface area (Å²) in [6.45, 7) is 8.39. The van der Waals surface area contributed by atoms with Crippen LogP contribution in [0, 0.1) is 13.8 Å². The van der Waals surface area contributed by atoms with Crippen molar-refractivity contribution in [2.24, 2.45) is 11.5 Å². The Balaban J connectivity index is 2.68. The molecular weight excluding hydrogens is 198 g/mol. The molecule has 0 radical (unpaired) electrons. The Morgan fingerprint density at radius 2 is 1.44 bits per heavy atom. The fourth-order valence-corrected chi connectivity index (χ4v) is 2.05. The van der Waals surface area contributed by atoms with Crippen molar-refractivity contribution < 1.29 is 0 Å². The topological polar surface area (TPSA) is 55.3 Å². The lowest BCUT2D eigenvalue weighted by molar-refractivity contribution is 0.281. The first-order valence-electron chi connectivity index (χ1n) is 5.85. The molecule has 0 unspecified atom stereocenters. The van der Waals surface area contributed by atoms with Gasteiger partial charge in [-0.05, 0) is 19.4 Å². The van der Waals surface area contributed by atoms with Crippen LogP contribution in [0.1, 0.15) is 16.7 Å². The Morgan fingerprint density at radius 1 is 0.938 bits per heavy atom. The third kappa shape index (κ3) is 4.31. The van der Waals surface area contributed by atoms with Gasteiger partial charge in [-0.15, -0.1) is 0 Å². The average Bonchev–Trinajstić information content (AvgIpc) is 2.16. The van der Waals surface area contributed by atoms with E-state index in [-0.39, 0.29) is 0 Å². The van der Waals surface area contributed by atoms with Crippen LogP contribution < -0.4 is 11.5 Å². The zero-order valence-electron chi connectivity index (χ0n) is 10.4. The zero-order valence-corrected chi connectivity index (χ0v) is 10.4. The van der Waals surface area contributed by atoms with Crippen LogP contribution in [-0.2, 0) is 6.54 Å². The lowest BCUT2D eigenvalue weighted by Gasteiger charge is -2.21. The van der Waals surface area contributed by atoms with E-state index >= 15 is 0 Å². The van der Waals surface area contributed by atoms with E-state index < -0.39 is 0 Å². The van der Waals surface area contributed by atoms with Crippen LogP contribution in [0.5, 0.6) is 0 Å². The average molecular weight is 221 g/mol. The normalized spacial score (nSPS) is 11.1. The van der Waals surface area contributed by atoms with Gasteiger partial charge >= 0.3 is 0 Å². The van der Waals surface area contributed by atoms with Crippen LogP contribution in [0.3, 0.4) is 0 Å². The molecule has 16 heavy (non-hydrogen) atoms. The molecule has 1 rings (SSSR count).